The second kappa shape index (κ2) is 8.70. The summed E-state index contributed by atoms with van der Waals surface area (Å²) < 4.78 is 4.95. The highest BCUT2D eigenvalue weighted by Crippen LogP contribution is 2.20. The molecule has 1 rings (SSSR count). The third kappa shape index (κ3) is 5.43. The molecule has 5 heteroatoms. The smallest absolute Gasteiger partial charge is 0.261 e. The molecule has 0 saturated heterocycles. The first-order valence-corrected chi connectivity index (χ1v) is 7.07. The van der Waals surface area contributed by atoms with Crippen LogP contribution in [0.5, 0.6) is 0 Å². The van der Waals surface area contributed by atoms with Crippen LogP contribution in [-0.2, 0) is 4.74 Å². The number of ether oxygens (including phenoxy) is 1. The van der Waals surface area contributed by atoms with Gasteiger partial charge in [0.1, 0.15) is 0 Å². The average Bonchev–Trinajstić information content (AvgIpc) is 2.77. The SMILES string of the molecule is COCCCCNC(=O)c1cc(C)c(C#CCN)s1. The molecule has 1 heterocycles. The van der Waals surface area contributed by atoms with E-state index in [1.54, 1.807) is 7.11 Å². The highest BCUT2D eigenvalue weighted by molar-refractivity contribution is 7.14. The predicted molar refractivity (Wildman–Crippen MR) is 78.4 cm³/mol. The lowest BCUT2D eigenvalue weighted by molar-refractivity contribution is 0.0955. The molecule has 104 valence electrons. The Bertz CT molecular complexity index is 472. The minimum Gasteiger partial charge on any atom is -0.385 e. The van der Waals surface area contributed by atoms with Crippen molar-refractivity contribution in [3.05, 3.63) is 21.4 Å². The van der Waals surface area contributed by atoms with Crippen LogP contribution in [-0.4, -0.2) is 32.7 Å². The van der Waals surface area contributed by atoms with Crippen molar-refractivity contribution in [1.29, 1.82) is 0 Å². The average molecular weight is 280 g/mol. The number of rotatable bonds is 6. The van der Waals surface area contributed by atoms with Crippen LogP contribution in [0.15, 0.2) is 6.07 Å². The molecule has 0 bridgehead atoms. The molecule has 0 aliphatic heterocycles. The summed E-state index contributed by atoms with van der Waals surface area (Å²) in [6.45, 7) is 3.68. The number of nitrogens with two attached hydrogens (primary N) is 1. The van der Waals surface area contributed by atoms with E-state index >= 15 is 0 Å². The Morgan fingerprint density at radius 1 is 1.53 bits per heavy atom. The molecular formula is C14H20N2O2S. The van der Waals surface area contributed by atoms with Crippen LogP contribution in [0.4, 0.5) is 0 Å². The topological polar surface area (TPSA) is 64.3 Å². The van der Waals surface area contributed by atoms with Gasteiger partial charge in [-0.25, -0.2) is 0 Å². The molecule has 0 atom stereocenters. The van der Waals surface area contributed by atoms with Gasteiger partial charge in [-0.2, -0.15) is 0 Å². The minimum atomic E-state index is -0.0358. The lowest BCUT2D eigenvalue weighted by atomic mass is 10.2. The summed E-state index contributed by atoms with van der Waals surface area (Å²) >= 11 is 1.41. The number of hydrogen-bond acceptors (Lipinski definition) is 4. The Morgan fingerprint density at radius 2 is 2.32 bits per heavy atom. The van der Waals surface area contributed by atoms with Crippen LogP contribution in [0.1, 0.15) is 33.0 Å². The quantitative estimate of drug-likeness (QED) is 0.613. The Labute approximate surface area is 118 Å². The number of nitrogens with one attached hydrogen (secondary N) is 1. The number of carbonyl (C=O) groups excluding carboxylic acids is 1. The zero-order chi connectivity index (χ0) is 14.1. The van der Waals surface area contributed by atoms with E-state index in [1.165, 1.54) is 11.3 Å². The molecule has 0 unspecified atom stereocenters. The Balaban J connectivity index is 2.48. The Kier molecular flexibility index (Phi) is 7.19. The third-order valence-electron chi connectivity index (χ3n) is 2.51. The van der Waals surface area contributed by atoms with E-state index in [2.05, 4.69) is 17.2 Å². The van der Waals surface area contributed by atoms with Crippen LogP contribution in [0, 0.1) is 18.8 Å². The van der Waals surface area contributed by atoms with E-state index in [-0.39, 0.29) is 5.91 Å². The number of unbranched alkanes of at least 4 members (excludes halogenated alkanes) is 1. The molecule has 0 fully saturated rings. The minimum absolute atomic E-state index is 0.0358. The van der Waals surface area contributed by atoms with E-state index in [0.717, 1.165) is 29.9 Å². The Morgan fingerprint density at radius 3 is 3.00 bits per heavy atom. The fraction of sp³-hybridized carbons (Fsp3) is 0.500. The number of thiophene rings is 1. The molecule has 0 aliphatic rings. The van der Waals surface area contributed by atoms with Gasteiger partial charge < -0.3 is 15.8 Å². The van der Waals surface area contributed by atoms with Crippen molar-refractivity contribution in [2.24, 2.45) is 5.73 Å². The number of aryl methyl sites for hydroxylation is 1. The number of methoxy groups -OCH3 is 1. The van der Waals surface area contributed by atoms with Crippen LogP contribution in [0.2, 0.25) is 0 Å². The van der Waals surface area contributed by atoms with E-state index in [4.69, 9.17) is 10.5 Å². The van der Waals surface area contributed by atoms with Gasteiger partial charge in [0, 0.05) is 20.3 Å². The normalized spacial score (nSPS) is 9.84. The summed E-state index contributed by atoms with van der Waals surface area (Å²) in [5, 5.41) is 2.90. The van der Waals surface area contributed by atoms with Gasteiger partial charge in [0.15, 0.2) is 0 Å². The number of hydrogen-bond donors (Lipinski definition) is 2. The summed E-state index contributed by atoms with van der Waals surface area (Å²) in [5.41, 5.74) is 6.36. The third-order valence-corrected chi connectivity index (χ3v) is 3.66. The van der Waals surface area contributed by atoms with Crippen LogP contribution >= 0.6 is 11.3 Å². The van der Waals surface area contributed by atoms with Crippen molar-refractivity contribution in [2.45, 2.75) is 19.8 Å². The molecule has 0 radical (unpaired) electrons. The lowest BCUT2D eigenvalue weighted by Gasteiger charge is -2.02. The predicted octanol–water partition coefficient (Wildman–Crippen LogP) is 1.52. The highest BCUT2D eigenvalue weighted by Gasteiger charge is 2.10. The van der Waals surface area contributed by atoms with Gasteiger partial charge in [0.2, 0.25) is 0 Å². The second-order valence-corrected chi connectivity index (χ2v) is 5.14. The zero-order valence-corrected chi connectivity index (χ0v) is 12.2. The van der Waals surface area contributed by atoms with Crippen LogP contribution < -0.4 is 11.1 Å². The lowest BCUT2D eigenvalue weighted by Crippen LogP contribution is -2.23. The molecule has 1 aromatic heterocycles. The van der Waals surface area contributed by atoms with Gasteiger partial charge in [0.05, 0.1) is 16.3 Å². The molecule has 0 aromatic carbocycles. The van der Waals surface area contributed by atoms with E-state index < -0.39 is 0 Å². The van der Waals surface area contributed by atoms with Crippen LogP contribution in [0.3, 0.4) is 0 Å². The standard InChI is InChI=1S/C14H20N2O2S/c1-11-10-13(19-12(11)6-5-7-15)14(17)16-8-3-4-9-18-2/h10H,3-4,7-9,15H2,1-2H3,(H,16,17). The summed E-state index contributed by atoms with van der Waals surface area (Å²) in [6, 6.07) is 1.87. The second-order valence-electron chi connectivity index (χ2n) is 4.08. The van der Waals surface area contributed by atoms with Gasteiger partial charge in [-0.05, 0) is 31.4 Å². The fourth-order valence-corrected chi connectivity index (χ4v) is 2.47. The first-order valence-electron chi connectivity index (χ1n) is 6.25. The van der Waals surface area contributed by atoms with Gasteiger partial charge in [-0.3, -0.25) is 4.79 Å². The Hall–Kier alpha value is -1.35. The summed E-state index contributed by atoms with van der Waals surface area (Å²) in [7, 11) is 1.68. The largest absolute Gasteiger partial charge is 0.385 e. The summed E-state index contributed by atoms with van der Waals surface area (Å²) in [6.07, 6.45) is 1.87. The molecule has 0 saturated carbocycles. The zero-order valence-electron chi connectivity index (χ0n) is 11.4. The maximum Gasteiger partial charge on any atom is 0.261 e. The molecule has 3 N–H and O–H groups in total. The molecule has 19 heavy (non-hydrogen) atoms. The number of amides is 1. The maximum atomic E-state index is 11.9. The summed E-state index contributed by atoms with van der Waals surface area (Å²) in [4.78, 5) is 13.5. The molecule has 4 nitrogen and oxygen atoms in total. The van der Waals surface area contributed by atoms with Crippen LogP contribution in [0.25, 0.3) is 0 Å². The van der Waals surface area contributed by atoms with Crippen molar-refractivity contribution >= 4 is 17.2 Å². The molecule has 1 amide bonds. The van der Waals surface area contributed by atoms with Gasteiger partial charge in [-0.1, -0.05) is 11.8 Å². The first kappa shape index (κ1) is 15.7. The monoisotopic (exact) mass is 280 g/mol. The van der Waals surface area contributed by atoms with E-state index in [0.29, 0.717) is 18.0 Å². The highest BCUT2D eigenvalue weighted by atomic mass is 32.1. The number of carbonyl (C=O) groups is 1. The van der Waals surface area contributed by atoms with Crippen molar-refractivity contribution < 1.29 is 9.53 Å². The fourth-order valence-electron chi connectivity index (χ4n) is 1.51. The molecule has 0 spiro atoms. The van der Waals surface area contributed by atoms with Crippen molar-refractivity contribution in [3.63, 3.8) is 0 Å². The van der Waals surface area contributed by atoms with Gasteiger partial charge >= 0.3 is 0 Å². The molecule has 0 aliphatic carbocycles. The summed E-state index contributed by atoms with van der Waals surface area (Å²) in [5.74, 6) is 5.75. The van der Waals surface area contributed by atoms with E-state index in [1.807, 2.05) is 13.0 Å². The first-order chi connectivity index (χ1) is 9.19. The molecular weight excluding hydrogens is 260 g/mol. The van der Waals surface area contributed by atoms with Crippen molar-refractivity contribution in [1.82, 2.24) is 5.32 Å². The van der Waals surface area contributed by atoms with Crippen molar-refractivity contribution in [3.8, 4) is 11.8 Å². The van der Waals surface area contributed by atoms with E-state index in [9.17, 15) is 4.79 Å². The maximum absolute atomic E-state index is 11.9. The van der Waals surface area contributed by atoms with Gasteiger partial charge in [-0.15, -0.1) is 11.3 Å². The molecule has 1 aromatic rings. The van der Waals surface area contributed by atoms with Crippen molar-refractivity contribution in [2.75, 3.05) is 26.8 Å². The van der Waals surface area contributed by atoms with Gasteiger partial charge in [0.25, 0.3) is 5.91 Å².